The van der Waals surface area contributed by atoms with Crippen LogP contribution in [0, 0.1) is 12.8 Å². The highest BCUT2D eigenvalue weighted by atomic mass is 14.9. The van der Waals surface area contributed by atoms with Crippen molar-refractivity contribution >= 4 is 5.69 Å². The van der Waals surface area contributed by atoms with Gasteiger partial charge in [-0.05, 0) is 37.3 Å². The molecule has 0 saturated carbocycles. The van der Waals surface area contributed by atoms with Crippen molar-refractivity contribution in [1.29, 1.82) is 0 Å². The molecular formula is C13H19N. The van der Waals surface area contributed by atoms with E-state index < -0.39 is 0 Å². The van der Waals surface area contributed by atoms with E-state index in [0.717, 1.165) is 5.92 Å². The van der Waals surface area contributed by atoms with Crippen LogP contribution in [-0.4, -0.2) is 6.04 Å². The van der Waals surface area contributed by atoms with Crippen LogP contribution in [0.3, 0.4) is 0 Å². The highest BCUT2D eigenvalue weighted by Gasteiger charge is 2.22. The molecule has 1 heteroatoms. The van der Waals surface area contributed by atoms with E-state index in [0.29, 0.717) is 6.04 Å². The molecule has 1 aliphatic rings. The molecule has 1 aromatic carbocycles. The van der Waals surface area contributed by atoms with E-state index in [1.807, 2.05) is 0 Å². The van der Waals surface area contributed by atoms with Crippen molar-refractivity contribution in [2.75, 3.05) is 5.32 Å². The third kappa shape index (κ3) is 1.63. The Balaban J connectivity index is 2.30. The number of hydrogen-bond acceptors (Lipinski definition) is 1. The van der Waals surface area contributed by atoms with Gasteiger partial charge in [0.1, 0.15) is 0 Å². The number of benzene rings is 1. The minimum absolute atomic E-state index is 0.658. The molecule has 0 aromatic heterocycles. The molecule has 0 bridgehead atoms. The van der Waals surface area contributed by atoms with Gasteiger partial charge in [-0.15, -0.1) is 0 Å². The Morgan fingerprint density at radius 1 is 1.43 bits per heavy atom. The maximum atomic E-state index is 3.62. The number of fused-ring (bicyclic) bond motifs is 1. The minimum Gasteiger partial charge on any atom is -0.382 e. The largest absolute Gasteiger partial charge is 0.382 e. The second-order valence-electron chi connectivity index (χ2n) is 4.50. The molecule has 0 fully saturated rings. The van der Waals surface area contributed by atoms with E-state index in [9.17, 15) is 0 Å². The summed E-state index contributed by atoms with van der Waals surface area (Å²) in [5.74, 6) is 0.759. The van der Waals surface area contributed by atoms with Crippen LogP contribution < -0.4 is 5.32 Å². The third-order valence-electron chi connectivity index (χ3n) is 3.27. The van der Waals surface area contributed by atoms with Crippen LogP contribution in [0.25, 0.3) is 0 Å². The smallest absolute Gasteiger partial charge is 0.0375 e. The summed E-state index contributed by atoms with van der Waals surface area (Å²) < 4.78 is 0. The maximum Gasteiger partial charge on any atom is 0.0375 e. The van der Waals surface area contributed by atoms with Crippen molar-refractivity contribution in [3.05, 3.63) is 29.3 Å². The summed E-state index contributed by atoms with van der Waals surface area (Å²) >= 11 is 0. The molecule has 2 atom stereocenters. The van der Waals surface area contributed by atoms with Crippen LogP contribution in [0.5, 0.6) is 0 Å². The molecule has 1 nitrogen and oxygen atoms in total. The lowest BCUT2D eigenvalue weighted by Crippen LogP contribution is -2.32. The number of rotatable bonds is 1. The summed E-state index contributed by atoms with van der Waals surface area (Å²) in [6.45, 7) is 6.76. The van der Waals surface area contributed by atoms with Gasteiger partial charge in [0.25, 0.3) is 0 Å². The van der Waals surface area contributed by atoms with Gasteiger partial charge in [0.2, 0.25) is 0 Å². The molecule has 1 N–H and O–H groups in total. The van der Waals surface area contributed by atoms with Crippen molar-refractivity contribution in [1.82, 2.24) is 0 Å². The Morgan fingerprint density at radius 3 is 2.93 bits per heavy atom. The van der Waals surface area contributed by atoms with E-state index in [2.05, 4.69) is 44.3 Å². The first-order valence-corrected chi connectivity index (χ1v) is 5.56. The van der Waals surface area contributed by atoms with Gasteiger partial charge in [0.15, 0.2) is 0 Å². The van der Waals surface area contributed by atoms with Gasteiger partial charge in [-0.3, -0.25) is 0 Å². The molecule has 2 rings (SSSR count). The molecule has 0 spiro atoms. The van der Waals surface area contributed by atoms with Crippen molar-refractivity contribution < 1.29 is 0 Å². The Labute approximate surface area is 86.5 Å². The molecule has 0 amide bonds. The van der Waals surface area contributed by atoms with Gasteiger partial charge in [-0.2, -0.15) is 0 Å². The fraction of sp³-hybridized carbons (Fsp3) is 0.538. The lowest BCUT2D eigenvalue weighted by molar-refractivity contribution is 0.454. The fourth-order valence-electron chi connectivity index (χ4n) is 2.37. The average Bonchev–Trinajstić information content (AvgIpc) is 2.16. The van der Waals surface area contributed by atoms with Gasteiger partial charge < -0.3 is 5.32 Å². The molecule has 76 valence electrons. The highest BCUT2D eigenvalue weighted by molar-refractivity contribution is 5.55. The summed E-state index contributed by atoms with van der Waals surface area (Å²) in [7, 11) is 0. The van der Waals surface area contributed by atoms with Gasteiger partial charge >= 0.3 is 0 Å². The lowest BCUT2D eigenvalue weighted by Gasteiger charge is -2.32. The highest BCUT2D eigenvalue weighted by Crippen LogP contribution is 2.29. The Hall–Kier alpha value is -0.980. The average molecular weight is 189 g/mol. The van der Waals surface area contributed by atoms with Crippen molar-refractivity contribution in [3.63, 3.8) is 0 Å². The molecule has 14 heavy (non-hydrogen) atoms. The van der Waals surface area contributed by atoms with E-state index in [-0.39, 0.29) is 0 Å². The van der Waals surface area contributed by atoms with Gasteiger partial charge in [0.05, 0.1) is 0 Å². The SMILES string of the molecule is CCC1Nc2ccc(C)cc2CC1C. The predicted molar refractivity (Wildman–Crippen MR) is 61.7 cm³/mol. The van der Waals surface area contributed by atoms with Crippen LogP contribution in [0.15, 0.2) is 18.2 Å². The Bertz CT molecular complexity index is 330. The molecule has 1 heterocycles. The lowest BCUT2D eigenvalue weighted by atomic mass is 9.87. The fourth-order valence-corrected chi connectivity index (χ4v) is 2.37. The minimum atomic E-state index is 0.658. The number of hydrogen-bond donors (Lipinski definition) is 1. The second-order valence-corrected chi connectivity index (χ2v) is 4.50. The van der Waals surface area contributed by atoms with Gasteiger partial charge in [0, 0.05) is 11.7 Å². The van der Waals surface area contributed by atoms with Crippen LogP contribution in [0.2, 0.25) is 0 Å². The maximum absolute atomic E-state index is 3.62. The number of aryl methyl sites for hydroxylation is 1. The zero-order valence-corrected chi connectivity index (χ0v) is 9.30. The Kier molecular flexibility index (Phi) is 2.49. The first kappa shape index (κ1) is 9.57. The summed E-state index contributed by atoms with van der Waals surface area (Å²) in [5, 5.41) is 3.62. The molecule has 2 unspecified atom stereocenters. The predicted octanol–water partition coefficient (Wildman–Crippen LogP) is 3.38. The summed E-state index contributed by atoms with van der Waals surface area (Å²) in [6, 6.07) is 7.38. The normalized spacial score (nSPS) is 25.4. The third-order valence-corrected chi connectivity index (χ3v) is 3.27. The van der Waals surface area contributed by atoms with Crippen LogP contribution in [-0.2, 0) is 6.42 Å². The van der Waals surface area contributed by atoms with Crippen molar-refractivity contribution in [3.8, 4) is 0 Å². The van der Waals surface area contributed by atoms with E-state index in [1.165, 1.54) is 29.7 Å². The molecule has 0 saturated heterocycles. The van der Waals surface area contributed by atoms with Crippen molar-refractivity contribution in [2.45, 2.75) is 39.7 Å². The zero-order chi connectivity index (χ0) is 10.1. The molecule has 1 aromatic rings. The van der Waals surface area contributed by atoms with E-state index in [4.69, 9.17) is 0 Å². The Morgan fingerprint density at radius 2 is 2.21 bits per heavy atom. The molecule has 0 aliphatic carbocycles. The first-order valence-electron chi connectivity index (χ1n) is 5.56. The standard InChI is InChI=1S/C13H19N/c1-4-12-10(3)8-11-7-9(2)5-6-13(11)14-12/h5-7,10,12,14H,4,8H2,1-3H3. The topological polar surface area (TPSA) is 12.0 Å². The summed E-state index contributed by atoms with van der Waals surface area (Å²) in [6.07, 6.45) is 2.44. The van der Waals surface area contributed by atoms with E-state index in [1.54, 1.807) is 0 Å². The number of nitrogens with one attached hydrogen (secondary N) is 1. The van der Waals surface area contributed by atoms with Gasteiger partial charge in [-0.1, -0.05) is 31.5 Å². The summed E-state index contributed by atoms with van der Waals surface area (Å²) in [4.78, 5) is 0. The van der Waals surface area contributed by atoms with Crippen LogP contribution >= 0.6 is 0 Å². The van der Waals surface area contributed by atoms with Crippen LogP contribution in [0.4, 0.5) is 5.69 Å². The molecular weight excluding hydrogens is 170 g/mol. The monoisotopic (exact) mass is 189 g/mol. The van der Waals surface area contributed by atoms with Gasteiger partial charge in [-0.25, -0.2) is 0 Å². The van der Waals surface area contributed by atoms with Crippen LogP contribution in [0.1, 0.15) is 31.4 Å². The second kappa shape index (κ2) is 3.64. The molecule has 0 radical (unpaired) electrons. The first-order chi connectivity index (χ1) is 6.70. The zero-order valence-electron chi connectivity index (χ0n) is 9.30. The van der Waals surface area contributed by atoms with E-state index >= 15 is 0 Å². The molecule has 1 aliphatic heterocycles. The summed E-state index contributed by atoms with van der Waals surface area (Å²) in [5.41, 5.74) is 4.20. The van der Waals surface area contributed by atoms with Crippen molar-refractivity contribution in [2.24, 2.45) is 5.92 Å². The number of anilines is 1. The quantitative estimate of drug-likeness (QED) is 0.714.